The van der Waals surface area contributed by atoms with Crippen molar-refractivity contribution < 1.29 is 9.53 Å². The normalized spacial score (nSPS) is 10.6. The summed E-state index contributed by atoms with van der Waals surface area (Å²) in [6, 6.07) is 18.9. The zero-order valence-corrected chi connectivity index (χ0v) is 17.1. The lowest BCUT2D eigenvalue weighted by Gasteiger charge is -2.11. The van der Waals surface area contributed by atoms with Gasteiger partial charge in [-0.25, -0.2) is 9.97 Å². The predicted molar refractivity (Wildman–Crippen MR) is 119 cm³/mol. The van der Waals surface area contributed by atoms with Crippen molar-refractivity contribution in [1.82, 2.24) is 9.97 Å². The smallest absolute Gasteiger partial charge is 0.256 e. The molecule has 4 rings (SSSR count). The van der Waals surface area contributed by atoms with Gasteiger partial charge < -0.3 is 15.4 Å². The number of aryl methyl sites for hydroxylation is 2. The molecule has 1 heterocycles. The number of hydrogen-bond donors (Lipinski definition) is 2. The maximum Gasteiger partial charge on any atom is 0.256 e. The van der Waals surface area contributed by atoms with Gasteiger partial charge in [0.2, 0.25) is 5.88 Å². The molecule has 0 unspecified atom stereocenters. The summed E-state index contributed by atoms with van der Waals surface area (Å²) < 4.78 is 5.86. The number of hydrogen-bond acceptors (Lipinski definition) is 5. The Morgan fingerprint density at radius 3 is 2.60 bits per heavy atom. The Labute approximate surface area is 175 Å². The molecule has 0 aliphatic heterocycles. The van der Waals surface area contributed by atoms with Crippen LogP contribution in [0, 0.1) is 13.8 Å². The fourth-order valence-electron chi connectivity index (χ4n) is 3.19. The van der Waals surface area contributed by atoms with Crippen LogP contribution in [0.25, 0.3) is 10.8 Å². The Balaban J connectivity index is 1.60. The van der Waals surface area contributed by atoms with E-state index in [9.17, 15) is 4.79 Å². The van der Waals surface area contributed by atoms with E-state index >= 15 is 0 Å². The number of amides is 1. The number of nitrogens with one attached hydrogen (secondary N) is 2. The molecule has 1 amide bonds. The number of carbonyl (C=O) groups excluding carboxylic acids is 1. The van der Waals surface area contributed by atoms with Crippen LogP contribution in [0.1, 0.15) is 21.5 Å². The van der Waals surface area contributed by atoms with Crippen LogP contribution in [0.5, 0.6) is 11.6 Å². The second-order valence-electron chi connectivity index (χ2n) is 7.04. The molecule has 0 aliphatic rings. The van der Waals surface area contributed by atoms with Crippen LogP contribution in [0.3, 0.4) is 0 Å². The molecule has 0 saturated carbocycles. The molecular weight excluding hydrogens is 376 g/mol. The van der Waals surface area contributed by atoms with Crippen LogP contribution in [0.2, 0.25) is 0 Å². The van der Waals surface area contributed by atoms with Gasteiger partial charge in [0.15, 0.2) is 0 Å². The van der Waals surface area contributed by atoms with Crippen LogP contribution in [-0.2, 0) is 0 Å². The minimum absolute atomic E-state index is 0.146. The Bertz CT molecular complexity index is 1240. The molecule has 150 valence electrons. The summed E-state index contributed by atoms with van der Waals surface area (Å²) in [4.78, 5) is 21.1. The Kier molecular flexibility index (Phi) is 5.30. The average Bonchev–Trinajstić information content (AvgIpc) is 2.76. The highest BCUT2D eigenvalue weighted by Gasteiger charge is 2.12. The molecule has 0 saturated heterocycles. The highest BCUT2D eigenvalue weighted by molar-refractivity contribution is 6.13. The number of ether oxygens (including phenoxy) is 1. The molecule has 1 aromatic heterocycles. The first-order valence-corrected chi connectivity index (χ1v) is 9.62. The van der Waals surface area contributed by atoms with Crippen LogP contribution in [0.15, 0.2) is 67.0 Å². The number of nitrogens with zero attached hydrogens (tertiary/aromatic N) is 2. The van der Waals surface area contributed by atoms with Gasteiger partial charge in [-0.15, -0.1) is 0 Å². The average molecular weight is 398 g/mol. The summed E-state index contributed by atoms with van der Waals surface area (Å²) in [5.41, 5.74) is 3.72. The maximum atomic E-state index is 12.9. The molecule has 6 heteroatoms. The minimum Gasteiger partial charge on any atom is -0.439 e. The molecule has 30 heavy (non-hydrogen) atoms. The number of benzene rings is 3. The van der Waals surface area contributed by atoms with E-state index in [0.29, 0.717) is 23.0 Å². The van der Waals surface area contributed by atoms with Crippen molar-refractivity contribution in [3.05, 3.63) is 83.7 Å². The summed E-state index contributed by atoms with van der Waals surface area (Å²) in [5.74, 6) is 1.60. The van der Waals surface area contributed by atoms with E-state index < -0.39 is 0 Å². The Morgan fingerprint density at radius 2 is 1.80 bits per heavy atom. The van der Waals surface area contributed by atoms with E-state index in [1.165, 1.54) is 11.9 Å². The van der Waals surface area contributed by atoms with Crippen molar-refractivity contribution in [2.75, 3.05) is 17.7 Å². The van der Waals surface area contributed by atoms with Crippen molar-refractivity contribution >= 4 is 28.2 Å². The summed E-state index contributed by atoms with van der Waals surface area (Å²) in [5, 5.41) is 7.70. The van der Waals surface area contributed by atoms with Crippen molar-refractivity contribution in [2.45, 2.75) is 13.8 Å². The molecule has 6 nitrogen and oxygen atoms in total. The van der Waals surface area contributed by atoms with E-state index in [0.717, 1.165) is 22.0 Å². The quantitative estimate of drug-likeness (QED) is 0.475. The van der Waals surface area contributed by atoms with Crippen molar-refractivity contribution in [2.24, 2.45) is 0 Å². The van der Waals surface area contributed by atoms with Crippen LogP contribution in [-0.4, -0.2) is 22.9 Å². The summed E-state index contributed by atoms with van der Waals surface area (Å²) in [6.45, 7) is 4.08. The van der Waals surface area contributed by atoms with Gasteiger partial charge in [-0.3, -0.25) is 4.79 Å². The molecule has 0 radical (unpaired) electrons. The predicted octanol–water partition coefficient (Wildman–Crippen LogP) is 5.33. The fraction of sp³-hybridized carbons (Fsp3) is 0.125. The number of fused-ring (bicyclic) bond motifs is 1. The molecule has 2 N–H and O–H groups in total. The molecule has 3 aromatic carbocycles. The number of rotatable bonds is 5. The molecule has 0 atom stereocenters. The number of anilines is 2. The summed E-state index contributed by atoms with van der Waals surface area (Å²) >= 11 is 0. The molecule has 0 bridgehead atoms. The van der Waals surface area contributed by atoms with E-state index in [1.54, 1.807) is 13.1 Å². The van der Waals surface area contributed by atoms with Crippen molar-refractivity contribution in [3.8, 4) is 11.6 Å². The van der Waals surface area contributed by atoms with Crippen molar-refractivity contribution in [1.29, 1.82) is 0 Å². The lowest BCUT2D eigenvalue weighted by atomic mass is 10.0. The molecule has 0 spiro atoms. The van der Waals surface area contributed by atoms with Crippen molar-refractivity contribution in [3.63, 3.8) is 0 Å². The Morgan fingerprint density at radius 1 is 0.933 bits per heavy atom. The van der Waals surface area contributed by atoms with Gasteiger partial charge in [-0.2, -0.15) is 0 Å². The highest BCUT2D eigenvalue weighted by atomic mass is 16.5. The van der Waals surface area contributed by atoms with E-state index in [1.807, 2.05) is 68.4 Å². The first-order valence-electron chi connectivity index (χ1n) is 9.62. The van der Waals surface area contributed by atoms with Gasteiger partial charge in [0.05, 0.1) is 0 Å². The highest BCUT2D eigenvalue weighted by Crippen LogP contribution is 2.28. The Hall–Kier alpha value is -3.93. The number of aromatic nitrogens is 2. The van der Waals surface area contributed by atoms with Gasteiger partial charge >= 0.3 is 0 Å². The molecule has 0 aliphatic carbocycles. The third kappa shape index (κ3) is 4.07. The zero-order valence-electron chi connectivity index (χ0n) is 17.1. The lowest BCUT2D eigenvalue weighted by Crippen LogP contribution is -2.12. The topological polar surface area (TPSA) is 76.1 Å². The third-order valence-corrected chi connectivity index (χ3v) is 4.98. The molecule has 4 aromatic rings. The zero-order chi connectivity index (χ0) is 21.1. The van der Waals surface area contributed by atoms with Crippen LogP contribution in [0.4, 0.5) is 11.5 Å². The molecular formula is C24H22N4O2. The largest absolute Gasteiger partial charge is 0.439 e. The van der Waals surface area contributed by atoms with Gasteiger partial charge in [0.1, 0.15) is 17.9 Å². The SMILES string of the molecule is CNc1cc(Oc2ccc3c(C(=O)Nc4ccc(C)c(C)c4)cccc3c2)ncn1. The standard InChI is InChI=1S/C24H22N4O2/c1-15-7-8-18(11-16(15)2)28-24(29)21-6-4-5-17-12-19(9-10-20(17)21)30-23-13-22(25-3)26-14-27-23/h4-14H,1-3H3,(H,28,29)(H,25,26,27). The maximum absolute atomic E-state index is 12.9. The van der Waals surface area contributed by atoms with E-state index in [-0.39, 0.29) is 5.91 Å². The van der Waals surface area contributed by atoms with Gasteiger partial charge in [-0.05, 0) is 72.1 Å². The van der Waals surface area contributed by atoms with E-state index in [2.05, 4.69) is 20.6 Å². The third-order valence-electron chi connectivity index (χ3n) is 4.98. The van der Waals surface area contributed by atoms with Gasteiger partial charge in [0, 0.05) is 24.4 Å². The van der Waals surface area contributed by atoms with Gasteiger partial charge in [-0.1, -0.05) is 18.2 Å². The fourth-order valence-corrected chi connectivity index (χ4v) is 3.19. The second kappa shape index (κ2) is 8.21. The summed E-state index contributed by atoms with van der Waals surface area (Å²) in [7, 11) is 1.78. The van der Waals surface area contributed by atoms with Crippen LogP contribution >= 0.6 is 0 Å². The second-order valence-corrected chi connectivity index (χ2v) is 7.04. The van der Waals surface area contributed by atoms with E-state index in [4.69, 9.17) is 4.74 Å². The minimum atomic E-state index is -0.146. The monoisotopic (exact) mass is 398 g/mol. The lowest BCUT2D eigenvalue weighted by molar-refractivity contribution is 0.102. The van der Waals surface area contributed by atoms with Gasteiger partial charge in [0.25, 0.3) is 5.91 Å². The first-order chi connectivity index (χ1) is 14.5. The summed E-state index contributed by atoms with van der Waals surface area (Å²) in [6.07, 6.45) is 1.44. The number of carbonyl (C=O) groups is 1. The molecule has 0 fully saturated rings. The van der Waals surface area contributed by atoms with Crippen LogP contribution < -0.4 is 15.4 Å². The first kappa shape index (κ1) is 19.4.